The molecule has 31 heavy (non-hydrogen) atoms. The van der Waals surface area contributed by atoms with Gasteiger partial charge in [-0.3, -0.25) is 4.98 Å². The van der Waals surface area contributed by atoms with E-state index in [0.717, 1.165) is 30.1 Å². The predicted molar refractivity (Wildman–Crippen MR) is 117 cm³/mol. The van der Waals surface area contributed by atoms with Crippen molar-refractivity contribution in [3.8, 4) is 11.8 Å². The Balaban J connectivity index is 1.55. The number of anilines is 1. The van der Waals surface area contributed by atoms with E-state index >= 15 is 0 Å². The maximum Gasteiger partial charge on any atom is 0.173 e. The van der Waals surface area contributed by atoms with Crippen molar-refractivity contribution in [1.29, 1.82) is 0 Å². The average Bonchev–Trinajstić information content (AvgIpc) is 3.12. The number of piperazine rings is 1. The lowest BCUT2D eigenvalue weighted by atomic mass is 10.1. The zero-order valence-electron chi connectivity index (χ0n) is 17.6. The Morgan fingerprint density at radius 3 is 2.55 bits per heavy atom. The van der Waals surface area contributed by atoms with Crippen molar-refractivity contribution in [2.45, 2.75) is 32.9 Å². The summed E-state index contributed by atoms with van der Waals surface area (Å²) in [5.74, 6) is 6.55. The Hall–Kier alpha value is -3.57. The van der Waals surface area contributed by atoms with Crippen LogP contribution in [-0.4, -0.2) is 49.5 Å². The van der Waals surface area contributed by atoms with Gasteiger partial charge in [-0.15, -0.1) is 0 Å². The quantitative estimate of drug-likeness (QED) is 0.482. The standard InChI is InChI=1S/C23H22FN7/c1-14-10-30(11-15(2)28-14)23-21-20(25-6-7-26-21)18(9-27-23)5-4-17-8-19(24)22-29-16(3)12-31(22)13-17/h6-9,12-15,28H,10-11H2,1-3H3/t14-,15+. The van der Waals surface area contributed by atoms with Gasteiger partial charge in [-0.05, 0) is 26.8 Å². The van der Waals surface area contributed by atoms with Gasteiger partial charge in [-0.1, -0.05) is 11.8 Å². The second-order valence-corrected chi connectivity index (χ2v) is 8.06. The summed E-state index contributed by atoms with van der Waals surface area (Å²) in [4.78, 5) is 20.2. The van der Waals surface area contributed by atoms with Crippen molar-refractivity contribution in [2.24, 2.45) is 0 Å². The summed E-state index contributed by atoms with van der Waals surface area (Å²) in [5, 5.41) is 3.53. The number of imidazole rings is 1. The third-order valence-corrected chi connectivity index (χ3v) is 5.31. The van der Waals surface area contributed by atoms with E-state index in [1.807, 2.05) is 6.92 Å². The van der Waals surface area contributed by atoms with Gasteiger partial charge in [0, 0.05) is 61.7 Å². The molecular weight excluding hydrogens is 393 g/mol. The first kappa shape index (κ1) is 19.4. The SMILES string of the molecule is Cc1cn2cc(C#Cc3cnc(N4C[C@@H](C)N[C@@H](C)C4)c4nccnc34)cc(F)c2n1. The van der Waals surface area contributed by atoms with Gasteiger partial charge >= 0.3 is 0 Å². The lowest BCUT2D eigenvalue weighted by Crippen LogP contribution is -2.54. The fraction of sp³-hybridized carbons (Fsp3) is 0.304. The Bertz CT molecular complexity index is 1340. The number of rotatable bonds is 1. The second-order valence-electron chi connectivity index (χ2n) is 8.06. The van der Waals surface area contributed by atoms with Gasteiger partial charge in [0.25, 0.3) is 0 Å². The normalized spacial score (nSPS) is 18.9. The summed E-state index contributed by atoms with van der Waals surface area (Å²) in [7, 11) is 0. The Labute approximate surface area is 179 Å². The summed E-state index contributed by atoms with van der Waals surface area (Å²) >= 11 is 0. The molecule has 5 heterocycles. The molecule has 0 aromatic carbocycles. The highest BCUT2D eigenvalue weighted by molar-refractivity contribution is 5.89. The average molecular weight is 415 g/mol. The summed E-state index contributed by atoms with van der Waals surface area (Å²) in [6.07, 6.45) is 8.60. The molecule has 0 amide bonds. The van der Waals surface area contributed by atoms with Crippen molar-refractivity contribution >= 4 is 22.5 Å². The smallest absolute Gasteiger partial charge is 0.173 e. The molecule has 7 nitrogen and oxygen atoms in total. The third-order valence-electron chi connectivity index (χ3n) is 5.31. The minimum atomic E-state index is -0.403. The summed E-state index contributed by atoms with van der Waals surface area (Å²) < 4.78 is 16.0. The van der Waals surface area contributed by atoms with Crippen LogP contribution >= 0.6 is 0 Å². The van der Waals surface area contributed by atoms with Gasteiger partial charge in [-0.2, -0.15) is 0 Å². The van der Waals surface area contributed by atoms with Gasteiger partial charge in [0.05, 0.1) is 11.3 Å². The number of hydrogen-bond donors (Lipinski definition) is 1. The van der Waals surface area contributed by atoms with Gasteiger partial charge in [0.15, 0.2) is 17.3 Å². The fourth-order valence-corrected chi connectivity index (χ4v) is 4.16. The number of aryl methyl sites for hydroxylation is 1. The molecule has 0 unspecified atom stereocenters. The van der Waals surface area contributed by atoms with E-state index in [4.69, 9.17) is 0 Å². The number of fused-ring (bicyclic) bond motifs is 2. The highest BCUT2D eigenvalue weighted by atomic mass is 19.1. The first-order valence-electron chi connectivity index (χ1n) is 10.3. The van der Waals surface area contributed by atoms with Crippen LogP contribution in [0.2, 0.25) is 0 Å². The van der Waals surface area contributed by atoms with E-state index in [-0.39, 0.29) is 0 Å². The van der Waals surface area contributed by atoms with E-state index in [1.54, 1.807) is 35.4 Å². The molecule has 156 valence electrons. The van der Waals surface area contributed by atoms with E-state index in [0.29, 0.717) is 34.4 Å². The first-order valence-corrected chi connectivity index (χ1v) is 10.3. The monoisotopic (exact) mass is 415 g/mol. The van der Waals surface area contributed by atoms with Crippen molar-refractivity contribution in [3.05, 3.63) is 59.7 Å². The molecule has 1 aliphatic rings. The van der Waals surface area contributed by atoms with Crippen LogP contribution in [0.5, 0.6) is 0 Å². The molecule has 4 aromatic rings. The van der Waals surface area contributed by atoms with Crippen molar-refractivity contribution in [3.63, 3.8) is 0 Å². The Morgan fingerprint density at radius 1 is 1.03 bits per heavy atom. The van der Waals surface area contributed by atoms with Crippen LogP contribution < -0.4 is 10.2 Å². The van der Waals surface area contributed by atoms with Crippen LogP contribution in [0.15, 0.2) is 37.1 Å². The molecule has 0 spiro atoms. The Kier molecular flexibility index (Phi) is 4.75. The van der Waals surface area contributed by atoms with Crippen LogP contribution in [0.4, 0.5) is 10.2 Å². The molecule has 1 saturated heterocycles. The molecule has 1 aliphatic heterocycles. The summed E-state index contributed by atoms with van der Waals surface area (Å²) in [6.45, 7) is 7.84. The summed E-state index contributed by atoms with van der Waals surface area (Å²) in [6, 6.07) is 2.11. The van der Waals surface area contributed by atoms with Crippen molar-refractivity contribution < 1.29 is 4.39 Å². The van der Waals surface area contributed by atoms with Crippen molar-refractivity contribution in [1.82, 2.24) is 29.7 Å². The molecule has 0 radical (unpaired) electrons. The minimum Gasteiger partial charge on any atom is -0.352 e. The number of hydrogen-bond acceptors (Lipinski definition) is 6. The van der Waals surface area contributed by atoms with Crippen LogP contribution in [0.1, 0.15) is 30.7 Å². The molecule has 0 aliphatic carbocycles. The van der Waals surface area contributed by atoms with Gasteiger partial charge in [0.1, 0.15) is 11.0 Å². The van der Waals surface area contributed by atoms with Crippen molar-refractivity contribution in [2.75, 3.05) is 18.0 Å². The maximum atomic E-state index is 14.4. The predicted octanol–water partition coefficient (Wildman–Crippen LogP) is 2.71. The molecule has 5 rings (SSSR count). The maximum absolute atomic E-state index is 14.4. The van der Waals surface area contributed by atoms with Crippen LogP contribution in [0, 0.1) is 24.6 Å². The molecule has 1 N–H and O–H groups in total. The molecule has 0 saturated carbocycles. The third kappa shape index (κ3) is 3.68. The van der Waals surface area contributed by atoms with E-state index < -0.39 is 5.82 Å². The highest BCUT2D eigenvalue weighted by Gasteiger charge is 2.24. The minimum absolute atomic E-state index is 0.296. The number of nitrogens with zero attached hydrogens (tertiary/aromatic N) is 6. The Morgan fingerprint density at radius 2 is 1.77 bits per heavy atom. The number of aromatic nitrogens is 5. The molecule has 4 aromatic heterocycles. The molecule has 1 fully saturated rings. The van der Waals surface area contributed by atoms with E-state index in [1.165, 1.54) is 6.07 Å². The molecular formula is C23H22FN7. The number of halogens is 1. The zero-order valence-corrected chi connectivity index (χ0v) is 17.6. The molecule has 2 atom stereocenters. The largest absolute Gasteiger partial charge is 0.352 e. The van der Waals surface area contributed by atoms with Crippen LogP contribution in [0.25, 0.3) is 16.7 Å². The van der Waals surface area contributed by atoms with Crippen LogP contribution in [-0.2, 0) is 0 Å². The zero-order chi connectivity index (χ0) is 21.5. The van der Waals surface area contributed by atoms with E-state index in [9.17, 15) is 4.39 Å². The van der Waals surface area contributed by atoms with Crippen LogP contribution in [0.3, 0.4) is 0 Å². The highest BCUT2D eigenvalue weighted by Crippen LogP contribution is 2.25. The number of pyridine rings is 2. The fourth-order valence-electron chi connectivity index (χ4n) is 4.16. The lowest BCUT2D eigenvalue weighted by Gasteiger charge is -2.37. The topological polar surface area (TPSA) is 71.2 Å². The summed E-state index contributed by atoms with van der Waals surface area (Å²) in [5.41, 5.74) is 3.67. The van der Waals surface area contributed by atoms with Gasteiger partial charge in [-0.25, -0.2) is 19.3 Å². The molecule has 0 bridgehead atoms. The molecule has 8 heteroatoms. The number of nitrogens with one attached hydrogen (secondary N) is 1. The van der Waals surface area contributed by atoms with E-state index in [2.05, 4.69) is 55.8 Å². The lowest BCUT2D eigenvalue weighted by molar-refractivity contribution is 0.405. The second kappa shape index (κ2) is 7.60. The van der Waals surface area contributed by atoms with Gasteiger partial charge in [0.2, 0.25) is 0 Å². The van der Waals surface area contributed by atoms with Gasteiger partial charge < -0.3 is 14.6 Å². The first-order chi connectivity index (χ1) is 15.0.